The van der Waals surface area contributed by atoms with Gasteiger partial charge in [-0.05, 0) is 19.1 Å². The third-order valence-corrected chi connectivity index (χ3v) is 3.68. The number of aromatic nitrogens is 2. The zero-order chi connectivity index (χ0) is 15.1. The summed E-state index contributed by atoms with van der Waals surface area (Å²) < 4.78 is 12.3. The smallest absolute Gasteiger partial charge is 0.374 e. The predicted molar refractivity (Wildman–Crippen MR) is 76.7 cm³/mol. The minimum Gasteiger partial charge on any atom is -0.496 e. The molecule has 0 aliphatic carbocycles. The maximum absolute atomic E-state index is 11.0. The van der Waals surface area contributed by atoms with E-state index in [1.807, 2.05) is 36.7 Å². The van der Waals surface area contributed by atoms with Crippen molar-refractivity contribution in [1.82, 2.24) is 9.72 Å². The van der Waals surface area contributed by atoms with Crippen LogP contribution in [0.15, 0.2) is 28.8 Å². The summed E-state index contributed by atoms with van der Waals surface area (Å²) in [6, 6.07) is 7.18. The Labute approximate surface area is 120 Å². The van der Waals surface area contributed by atoms with E-state index in [1.165, 1.54) is 6.07 Å². The van der Waals surface area contributed by atoms with Crippen LogP contribution >= 0.6 is 0 Å². The molecule has 1 aromatic carbocycles. The monoisotopic (exact) mass is 286 g/mol. The minimum absolute atomic E-state index is 0.184. The Bertz CT molecular complexity index is 845. The number of carboxylic acids is 1. The van der Waals surface area contributed by atoms with Gasteiger partial charge in [-0.15, -0.1) is 0 Å². The van der Waals surface area contributed by atoms with Gasteiger partial charge in [-0.25, -0.2) is 4.79 Å². The average Bonchev–Trinajstić information content (AvgIpc) is 3.04. The highest BCUT2D eigenvalue weighted by Gasteiger charge is 2.21. The van der Waals surface area contributed by atoms with E-state index in [9.17, 15) is 4.79 Å². The van der Waals surface area contributed by atoms with E-state index in [2.05, 4.69) is 5.16 Å². The second-order valence-electron chi connectivity index (χ2n) is 4.76. The molecule has 0 radical (unpaired) electrons. The van der Waals surface area contributed by atoms with Crippen LogP contribution in [-0.2, 0) is 7.05 Å². The molecule has 0 fully saturated rings. The van der Waals surface area contributed by atoms with Crippen molar-refractivity contribution in [3.05, 3.63) is 35.7 Å². The SMILES string of the molecule is COc1cccc2c1c(-c1cc(C(=O)O)on1)c(C)n2C. The van der Waals surface area contributed by atoms with E-state index in [4.69, 9.17) is 14.4 Å². The average molecular weight is 286 g/mol. The standard InChI is InChI=1S/C15H14N2O4/c1-8-13(9-7-12(15(18)19)21-16-9)14-10(17(8)2)5-4-6-11(14)20-3/h4-7H,1-3H3,(H,18,19). The highest BCUT2D eigenvalue weighted by atomic mass is 16.5. The molecule has 0 aliphatic rings. The van der Waals surface area contributed by atoms with Crippen LogP contribution in [0.25, 0.3) is 22.2 Å². The summed E-state index contributed by atoms with van der Waals surface area (Å²) in [5, 5.41) is 13.7. The van der Waals surface area contributed by atoms with Gasteiger partial charge in [0.25, 0.3) is 0 Å². The first-order valence-electron chi connectivity index (χ1n) is 6.37. The molecule has 0 unspecified atom stereocenters. The Hall–Kier alpha value is -2.76. The molecule has 2 heterocycles. The fourth-order valence-corrected chi connectivity index (χ4v) is 2.56. The summed E-state index contributed by atoms with van der Waals surface area (Å²) >= 11 is 0. The molecule has 0 aliphatic heterocycles. The lowest BCUT2D eigenvalue weighted by Crippen LogP contribution is -1.92. The molecule has 1 N–H and O–H groups in total. The van der Waals surface area contributed by atoms with Gasteiger partial charge in [-0.3, -0.25) is 0 Å². The van der Waals surface area contributed by atoms with E-state index < -0.39 is 5.97 Å². The van der Waals surface area contributed by atoms with Gasteiger partial charge in [0.05, 0.1) is 18.0 Å². The predicted octanol–water partition coefficient (Wildman–Crippen LogP) is 2.85. The number of nitrogens with zero attached hydrogens (tertiary/aromatic N) is 2. The number of carbonyl (C=O) groups is 1. The van der Waals surface area contributed by atoms with Crippen molar-refractivity contribution in [1.29, 1.82) is 0 Å². The zero-order valence-electron chi connectivity index (χ0n) is 11.9. The lowest BCUT2D eigenvalue weighted by atomic mass is 10.1. The summed E-state index contributed by atoms with van der Waals surface area (Å²) in [6.07, 6.45) is 0. The molecule has 3 rings (SSSR count). The van der Waals surface area contributed by atoms with Gasteiger partial charge in [-0.1, -0.05) is 11.2 Å². The number of hydrogen-bond donors (Lipinski definition) is 1. The third kappa shape index (κ3) is 1.87. The number of benzene rings is 1. The Balaban J connectivity index is 2.35. The first-order chi connectivity index (χ1) is 10.0. The van der Waals surface area contributed by atoms with Crippen molar-refractivity contribution in [2.75, 3.05) is 7.11 Å². The summed E-state index contributed by atoms with van der Waals surface area (Å²) in [6.45, 7) is 1.95. The quantitative estimate of drug-likeness (QED) is 0.801. The Morgan fingerprint density at radius 1 is 1.43 bits per heavy atom. The fraction of sp³-hybridized carbons (Fsp3) is 0.200. The van der Waals surface area contributed by atoms with Crippen molar-refractivity contribution in [3.63, 3.8) is 0 Å². The molecular weight excluding hydrogens is 272 g/mol. The minimum atomic E-state index is -1.14. The molecule has 6 nitrogen and oxygen atoms in total. The van der Waals surface area contributed by atoms with Crippen molar-refractivity contribution < 1.29 is 19.2 Å². The molecule has 0 amide bonds. The van der Waals surface area contributed by atoms with Crippen molar-refractivity contribution >= 4 is 16.9 Å². The topological polar surface area (TPSA) is 77.5 Å². The van der Waals surface area contributed by atoms with E-state index in [0.717, 1.165) is 22.2 Å². The fourth-order valence-electron chi connectivity index (χ4n) is 2.56. The Morgan fingerprint density at radius 2 is 2.19 bits per heavy atom. The highest BCUT2D eigenvalue weighted by Crippen LogP contribution is 2.39. The zero-order valence-corrected chi connectivity index (χ0v) is 11.9. The second kappa shape index (κ2) is 4.66. The van der Waals surface area contributed by atoms with Gasteiger partial charge < -0.3 is 18.9 Å². The summed E-state index contributed by atoms with van der Waals surface area (Å²) in [4.78, 5) is 11.0. The molecule has 0 spiro atoms. The molecule has 2 aromatic heterocycles. The van der Waals surface area contributed by atoms with Gasteiger partial charge in [-0.2, -0.15) is 0 Å². The molecule has 0 saturated carbocycles. The van der Waals surface area contributed by atoms with Crippen molar-refractivity contribution in [2.24, 2.45) is 7.05 Å². The Kier molecular flexibility index (Phi) is 2.94. The van der Waals surface area contributed by atoms with Crippen LogP contribution in [-0.4, -0.2) is 27.9 Å². The summed E-state index contributed by atoms with van der Waals surface area (Å²) in [7, 11) is 3.55. The van der Waals surface area contributed by atoms with Crippen LogP contribution in [0.4, 0.5) is 0 Å². The first kappa shape index (κ1) is 13.2. The van der Waals surface area contributed by atoms with Crippen molar-refractivity contribution in [3.8, 4) is 17.0 Å². The van der Waals surface area contributed by atoms with Gasteiger partial charge in [0.15, 0.2) is 0 Å². The largest absolute Gasteiger partial charge is 0.496 e. The first-order valence-corrected chi connectivity index (χ1v) is 6.37. The lowest BCUT2D eigenvalue weighted by Gasteiger charge is -2.03. The molecular formula is C15H14N2O4. The number of hydrogen-bond acceptors (Lipinski definition) is 4. The maximum atomic E-state index is 11.0. The molecule has 21 heavy (non-hydrogen) atoms. The van der Waals surface area contributed by atoms with Crippen molar-refractivity contribution in [2.45, 2.75) is 6.92 Å². The van der Waals surface area contributed by atoms with E-state index >= 15 is 0 Å². The van der Waals surface area contributed by atoms with Crippen LogP contribution in [0.1, 0.15) is 16.2 Å². The molecule has 0 saturated heterocycles. The molecule has 108 valence electrons. The van der Waals surface area contributed by atoms with Gasteiger partial charge in [0.1, 0.15) is 11.4 Å². The maximum Gasteiger partial charge on any atom is 0.374 e. The van der Waals surface area contributed by atoms with Crippen LogP contribution in [0.2, 0.25) is 0 Å². The number of aryl methyl sites for hydroxylation is 1. The van der Waals surface area contributed by atoms with Gasteiger partial charge in [0, 0.05) is 24.4 Å². The van der Waals surface area contributed by atoms with Crippen LogP contribution < -0.4 is 4.74 Å². The normalized spacial score (nSPS) is 11.0. The van der Waals surface area contributed by atoms with E-state index in [-0.39, 0.29) is 5.76 Å². The number of methoxy groups -OCH3 is 1. The molecule has 0 atom stereocenters. The molecule has 3 aromatic rings. The van der Waals surface area contributed by atoms with E-state index in [1.54, 1.807) is 7.11 Å². The van der Waals surface area contributed by atoms with Crippen LogP contribution in [0, 0.1) is 6.92 Å². The molecule has 6 heteroatoms. The van der Waals surface area contributed by atoms with Crippen LogP contribution in [0.5, 0.6) is 5.75 Å². The lowest BCUT2D eigenvalue weighted by molar-refractivity contribution is 0.0652. The highest BCUT2D eigenvalue weighted by molar-refractivity contribution is 6.02. The number of carboxylic acid groups (broad SMARTS) is 1. The van der Waals surface area contributed by atoms with Gasteiger partial charge >= 0.3 is 5.97 Å². The summed E-state index contributed by atoms with van der Waals surface area (Å²) in [5.74, 6) is -0.610. The van der Waals surface area contributed by atoms with Crippen LogP contribution in [0.3, 0.4) is 0 Å². The summed E-state index contributed by atoms with van der Waals surface area (Å²) in [5.41, 5.74) is 3.25. The van der Waals surface area contributed by atoms with E-state index in [0.29, 0.717) is 11.4 Å². The number of aromatic carboxylic acids is 1. The van der Waals surface area contributed by atoms with Gasteiger partial charge in [0.2, 0.25) is 5.76 Å². The number of fused-ring (bicyclic) bond motifs is 1. The molecule has 0 bridgehead atoms. The number of rotatable bonds is 3. The Morgan fingerprint density at radius 3 is 2.81 bits per heavy atom. The third-order valence-electron chi connectivity index (χ3n) is 3.68. The second-order valence-corrected chi connectivity index (χ2v) is 4.76. The number of ether oxygens (including phenoxy) is 1.